The van der Waals surface area contributed by atoms with E-state index in [4.69, 9.17) is 11.6 Å². The molecule has 27 heavy (non-hydrogen) atoms. The van der Waals surface area contributed by atoms with Crippen LogP contribution in [-0.4, -0.2) is 14.8 Å². The van der Waals surface area contributed by atoms with Crippen molar-refractivity contribution in [1.82, 2.24) is 14.8 Å². The molecule has 1 aromatic heterocycles. The lowest BCUT2D eigenvalue weighted by Gasteiger charge is -2.09. The fourth-order valence-corrected chi connectivity index (χ4v) is 3.73. The van der Waals surface area contributed by atoms with Crippen molar-refractivity contribution in [1.29, 1.82) is 0 Å². The maximum atomic E-state index is 12.8. The quantitative estimate of drug-likeness (QED) is 0.476. The Balaban J connectivity index is 1.72. The molecule has 3 aromatic rings. The summed E-state index contributed by atoms with van der Waals surface area (Å²) in [5.74, 6) is 1.20. The third kappa shape index (κ3) is 5.05. The van der Waals surface area contributed by atoms with E-state index >= 15 is 0 Å². The Labute approximate surface area is 164 Å². The van der Waals surface area contributed by atoms with Crippen LogP contribution < -0.4 is 0 Å². The average Bonchev–Trinajstić information content (AvgIpc) is 3.03. The molecule has 0 radical (unpaired) electrons. The van der Waals surface area contributed by atoms with Crippen molar-refractivity contribution in [2.24, 2.45) is 0 Å². The van der Waals surface area contributed by atoms with Gasteiger partial charge in [0.25, 0.3) is 0 Å². The molecule has 0 aliphatic heterocycles. The van der Waals surface area contributed by atoms with Crippen LogP contribution in [0.3, 0.4) is 0 Å². The van der Waals surface area contributed by atoms with Crippen LogP contribution in [0.25, 0.3) is 0 Å². The fraction of sp³-hybridized carbons (Fsp3) is 0.263. The molecule has 0 saturated heterocycles. The van der Waals surface area contributed by atoms with Gasteiger partial charge in [-0.25, -0.2) is 0 Å². The predicted octanol–water partition coefficient (Wildman–Crippen LogP) is 5.85. The Hall–Kier alpha value is -1.99. The molecule has 0 aliphatic carbocycles. The first-order valence-electron chi connectivity index (χ1n) is 8.32. The highest BCUT2D eigenvalue weighted by atomic mass is 35.5. The third-order valence-corrected chi connectivity index (χ3v) is 5.30. The SMILES string of the molecule is CCn1c(Cc2ccc(Cl)cc2)nnc1SCc1cccc(C(F)(F)F)c1. The molecular formula is C19H17ClF3N3S. The summed E-state index contributed by atoms with van der Waals surface area (Å²) < 4.78 is 40.5. The van der Waals surface area contributed by atoms with Crippen LogP contribution in [0.1, 0.15) is 29.4 Å². The van der Waals surface area contributed by atoms with E-state index in [-0.39, 0.29) is 0 Å². The lowest BCUT2D eigenvalue weighted by Crippen LogP contribution is -2.05. The minimum atomic E-state index is -4.34. The van der Waals surface area contributed by atoms with E-state index in [1.165, 1.54) is 23.9 Å². The monoisotopic (exact) mass is 411 g/mol. The van der Waals surface area contributed by atoms with Gasteiger partial charge in [-0.15, -0.1) is 10.2 Å². The summed E-state index contributed by atoms with van der Waals surface area (Å²) in [6, 6.07) is 12.9. The molecule has 0 fully saturated rings. The summed E-state index contributed by atoms with van der Waals surface area (Å²) >= 11 is 7.29. The van der Waals surface area contributed by atoms with Gasteiger partial charge in [-0.1, -0.05) is 53.7 Å². The Morgan fingerprint density at radius 3 is 2.44 bits per heavy atom. The van der Waals surface area contributed by atoms with Gasteiger partial charge in [0, 0.05) is 23.7 Å². The molecule has 0 bridgehead atoms. The van der Waals surface area contributed by atoms with E-state index in [0.29, 0.717) is 34.5 Å². The first-order chi connectivity index (χ1) is 12.9. The topological polar surface area (TPSA) is 30.7 Å². The standard InChI is InChI=1S/C19H17ClF3N3S/c1-2-26-17(11-13-6-8-16(20)9-7-13)24-25-18(26)27-12-14-4-3-5-15(10-14)19(21,22)23/h3-10H,2,11-12H2,1H3. The van der Waals surface area contributed by atoms with Gasteiger partial charge in [0.05, 0.1) is 5.56 Å². The molecule has 3 nitrogen and oxygen atoms in total. The summed E-state index contributed by atoms with van der Waals surface area (Å²) in [4.78, 5) is 0. The van der Waals surface area contributed by atoms with Crippen molar-refractivity contribution in [3.63, 3.8) is 0 Å². The number of rotatable bonds is 6. The zero-order chi connectivity index (χ0) is 19.4. The van der Waals surface area contributed by atoms with E-state index < -0.39 is 11.7 Å². The Morgan fingerprint density at radius 2 is 1.78 bits per heavy atom. The minimum absolute atomic E-state index is 0.392. The molecule has 0 aliphatic rings. The van der Waals surface area contributed by atoms with Crippen molar-refractivity contribution in [3.05, 3.63) is 76.1 Å². The lowest BCUT2D eigenvalue weighted by atomic mass is 10.1. The smallest absolute Gasteiger partial charge is 0.306 e. The predicted molar refractivity (Wildman–Crippen MR) is 101 cm³/mol. The molecule has 0 N–H and O–H groups in total. The molecule has 142 valence electrons. The largest absolute Gasteiger partial charge is 0.416 e. The second-order valence-corrected chi connectivity index (χ2v) is 7.31. The number of aromatic nitrogens is 3. The fourth-order valence-electron chi connectivity index (χ4n) is 2.64. The molecule has 2 aromatic carbocycles. The van der Waals surface area contributed by atoms with E-state index in [9.17, 15) is 13.2 Å². The number of hydrogen-bond donors (Lipinski definition) is 0. The highest BCUT2D eigenvalue weighted by molar-refractivity contribution is 7.98. The van der Waals surface area contributed by atoms with Crippen LogP contribution in [0.15, 0.2) is 53.7 Å². The molecule has 8 heteroatoms. The molecular weight excluding hydrogens is 395 g/mol. The van der Waals surface area contributed by atoms with Crippen molar-refractivity contribution in [2.45, 2.75) is 37.0 Å². The highest BCUT2D eigenvalue weighted by Crippen LogP contribution is 2.31. The number of halogens is 4. The third-order valence-electron chi connectivity index (χ3n) is 4.01. The van der Waals surface area contributed by atoms with Crippen LogP contribution in [0.4, 0.5) is 13.2 Å². The van der Waals surface area contributed by atoms with Crippen LogP contribution in [0.2, 0.25) is 5.02 Å². The summed E-state index contributed by atoms with van der Waals surface area (Å²) in [6.07, 6.45) is -3.72. The maximum Gasteiger partial charge on any atom is 0.416 e. The Bertz CT molecular complexity index is 907. The van der Waals surface area contributed by atoms with Gasteiger partial charge in [-0.05, 0) is 36.2 Å². The van der Waals surface area contributed by atoms with E-state index in [1.54, 1.807) is 6.07 Å². The van der Waals surface area contributed by atoms with E-state index in [2.05, 4.69) is 10.2 Å². The second-order valence-electron chi connectivity index (χ2n) is 5.93. The van der Waals surface area contributed by atoms with Gasteiger partial charge < -0.3 is 4.57 Å². The molecule has 1 heterocycles. The van der Waals surface area contributed by atoms with Crippen molar-refractivity contribution >= 4 is 23.4 Å². The number of hydrogen-bond acceptors (Lipinski definition) is 3. The lowest BCUT2D eigenvalue weighted by molar-refractivity contribution is -0.137. The Kier molecular flexibility index (Phi) is 6.11. The molecule has 0 amide bonds. The highest BCUT2D eigenvalue weighted by Gasteiger charge is 2.30. The Morgan fingerprint density at radius 1 is 1.04 bits per heavy atom. The minimum Gasteiger partial charge on any atom is -0.306 e. The van der Waals surface area contributed by atoms with Crippen LogP contribution in [0.5, 0.6) is 0 Å². The first-order valence-corrected chi connectivity index (χ1v) is 9.68. The first kappa shape index (κ1) is 19.8. The van der Waals surface area contributed by atoms with Crippen LogP contribution in [0, 0.1) is 0 Å². The zero-order valence-corrected chi connectivity index (χ0v) is 16.1. The average molecular weight is 412 g/mol. The van der Waals surface area contributed by atoms with E-state index in [1.807, 2.05) is 35.8 Å². The van der Waals surface area contributed by atoms with Gasteiger partial charge in [0.1, 0.15) is 5.82 Å². The van der Waals surface area contributed by atoms with Crippen LogP contribution in [-0.2, 0) is 24.9 Å². The van der Waals surface area contributed by atoms with Gasteiger partial charge in [0.15, 0.2) is 5.16 Å². The number of nitrogens with zero attached hydrogens (tertiary/aromatic N) is 3. The summed E-state index contributed by atoms with van der Waals surface area (Å²) in [5.41, 5.74) is 1.02. The zero-order valence-electron chi connectivity index (χ0n) is 14.5. The van der Waals surface area contributed by atoms with Gasteiger partial charge in [-0.2, -0.15) is 13.2 Å². The maximum absolute atomic E-state index is 12.8. The van der Waals surface area contributed by atoms with Gasteiger partial charge in [0.2, 0.25) is 0 Å². The number of alkyl halides is 3. The molecule has 0 spiro atoms. The van der Waals surface area contributed by atoms with Crippen molar-refractivity contribution in [2.75, 3.05) is 0 Å². The normalized spacial score (nSPS) is 11.7. The summed E-state index contributed by atoms with van der Waals surface area (Å²) in [6.45, 7) is 2.67. The molecule has 0 atom stereocenters. The van der Waals surface area contributed by atoms with Gasteiger partial charge >= 0.3 is 6.18 Å². The van der Waals surface area contributed by atoms with Gasteiger partial charge in [-0.3, -0.25) is 0 Å². The van der Waals surface area contributed by atoms with E-state index in [0.717, 1.165) is 17.5 Å². The molecule has 0 saturated carbocycles. The van der Waals surface area contributed by atoms with Crippen LogP contribution >= 0.6 is 23.4 Å². The summed E-state index contributed by atoms with van der Waals surface area (Å²) in [5, 5.41) is 9.84. The summed E-state index contributed by atoms with van der Waals surface area (Å²) in [7, 11) is 0. The molecule has 0 unspecified atom stereocenters. The molecule has 3 rings (SSSR count). The number of benzene rings is 2. The number of thioether (sulfide) groups is 1. The van der Waals surface area contributed by atoms with Crippen molar-refractivity contribution < 1.29 is 13.2 Å². The second kappa shape index (κ2) is 8.35. The van der Waals surface area contributed by atoms with Crippen molar-refractivity contribution in [3.8, 4) is 0 Å².